The summed E-state index contributed by atoms with van der Waals surface area (Å²) in [6, 6.07) is 0.665. The lowest BCUT2D eigenvalue weighted by atomic mass is 10.1. The number of rotatable bonds is 9. The van der Waals surface area contributed by atoms with Crippen LogP contribution in [-0.4, -0.2) is 30.6 Å². The summed E-state index contributed by atoms with van der Waals surface area (Å²) in [4.78, 5) is 2.60. The zero-order valence-electron chi connectivity index (χ0n) is 10.3. The molecule has 1 unspecified atom stereocenters. The Labute approximate surface area is 89.9 Å². The molecular weight excluding hydrogens is 172 g/mol. The first-order valence-corrected chi connectivity index (χ1v) is 6.20. The highest BCUT2D eigenvalue weighted by Crippen LogP contribution is 2.07. The lowest BCUT2D eigenvalue weighted by Gasteiger charge is -2.28. The molecule has 0 aliphatic carbocycles. The van der Waals surface area contributed by atoms with E-state index in [0.29, 0.717) is 6.04 Å². The van der Waals surface area contributed by atoms with Gasteiger partial charge in [0.2, 0.25) is 0 Å². The number of nitrogens with two attached hydrogens (primary N) is 1. The standard InChI is InChI=1S/C12H28N2/c1-4-6-10-14(11-7-5-2)12(3)8-9-13/h12H,4-11,13H2,1-3H3. The van der Waals surface area contributed by atoms with Gasteiger partial charge in [-0.15, -0.1) is 0 Å². The third-order valence-corrected chi connectivity index (χ3v) is 2.81. The summed E-state index contributed by atoms with van der Waals surface area (Å²) in [6.45, 7) is 10.1. The van der Waals surface area contributed by atoms with E-state index in [9.17, 15) is 0 Å². The molecule has 0 saturated carbocycles. The summed E-state index contributed by atoms with van der Waals surface area (Å²) in [6.07, 6.45) is 6.35. The first-order valence-electron chi connectivity index (χ1n) is 6.20. The molecule has 1 atom stereocenters. The van der Waals surface area contributed by atoms with Crippen molar-refractivity contribution in [3.8, 4) is 0 Å². The van der Waals surface area contributed by atoms with Gasteiger partial charge in [0.25, 0.3) is 0 Å². The molecule has 0 heterocycles. The summed E-state index contributed by atoms with van der Waals surface area (Å²) in [7, 11) is 0. The Kier molecular flexibility index (Phi) is 9.42. The highest BCUT2D eigenvalue weighted by molar-refractivity contribution is 4.67. The number of nitrogens with zero attached hydrogens (tertiary/aromatic N) is 1. The molecule has 0 aliphatic heterocycles. The fourth-order valence-electron chi connectivity index (χ4n) is 1.70. The molecule has 0 bridgehead atoms. The van der Waals surface area contributed by atoms with E-state index in [1.165, 1.54) is 38.8 Å². The van der Waals surface area contributed by atoms with Crippen molar-refractivity contribution in [3.05, 3.63) is 0 Å². The van der Waals surface area contributed by atoms with E-state index >= 15 is 0 Å². The molecule has 0 fully saturated rings. The molecule has 0 aromatic heterocycles. The first-order chi connectivity index (χ1) is 6.76. The van der Waals surface area contributed by atoms with E-state index in [2.05, 4.69) is 25.7 Å². The predicted octanol–water partition coefficient (Wildman–Crippen LogP) is 2.63. The fraction of sp³-hybridized carbons (Fsp3) is 1.00. The quantitative estimate of drug-likeness (QED) is 0.620. The van der Waals surface area contributed by atoms with Crippen LogP contribution in [0.2, 0.25) is 0 Å². The van der Waals surface area contributed by atoms with Crippen LogP contribution in [-0.2, 0) is 0 Å². The molecule has 2 heteroatoms. The van der Waals surface area contributed by atoms with Crippen LogP contribution in [0, 0.1) is 0 Å². The summed E-state index contributed by atoms with van der Waals surface area (Å²) in [5.41, 5.74) is 5.60. The van der Waals surface area contributed by atoms with Crippen molar-refractivity contribution >= 4 is 0 Å². The van der Waals surface area contributed by atoms with Crippen molar-refractivity contribution in [1.82, 2.24) is 4.90 Å². The molecule has 0 rings (SSSR count). The van der Waals surface area contributed by atoms with Gasteiger partial charge in [-0.3, -0.25) is 0 Å². The highest BCUT2D eigenvalue weighted by atomic mass is 15.1. The minimum atomic E-state index is 0.665. The molecular formula is C12H28N2. The van der Waals surface area contributed by atoms with Gasteiger partial charge in [0.15, 0.2) is 0 Å². The van der Waals surface area contributed by atoms with E-state index in [-0.39, 0.29) is 0 Å². The third kappa shape index (κ3) is 6.39. The maximum atomic E-state index is 5.60. The maximum absolute atomic E-state index is 5.60. The SMILES string of the molecule is CCCCN(CCCC)C(C)CCN. The van der Waals surface area contributed by atoms with Gasteiger partial charge < -0.3 is 10.6 Å². The molecule has 14 heavy (non-hydrogen) atoms. The molecule has 0 amide bonds. The average Bonchev–Trinajstić information content (AvgIpc) is 2.18. The zero-order valence-corrected chi connectivity index (χ0v) is 10.3. The maximum Gasteiger partial charge on any atom is 0.00789 e. The van der Waals surface area contributed by atoms with Gasteiger partial charge in [-0.05, 0) is 45.8 Å². The Balaban J connectivity index is 3.81. The van der Waals surface area contributed by atoms with Crippen LogP contribution in [0.25, 0.3) is 0 Å². The van der Waals surface area contributed by atoms with Crippen molar-refractivity contribution < 1.29 is 0 Å². The monoisotopic (exact) mass is 200 g/mol. The van der Waals surface area contributed by atoms with Crippen LogP contribution in [0.3, 0.4) is 0 Å². The van der Waals surface area contributed by atoms with Gasteiger partial charge in [0.05, 0.1) is 0 Å². The smallest absolute Gasteiger partial charge is 0.00789 e. The minimum Gasteiger partial charge on any atom is -0.330 e. The van der Waals surface area contributed by atoms with Crippen LogP contribution in [0.15, 0.2) is 0 Å². The van der Waals surface area contributed by atoms with Gasteiger partial charge in [-0.1, -0.05) is 26.7 Å². The van der Waals surface area contributed by atoms with Crippen molar-refractivity contribution in [2.45, 2.75) is 58.9 Å². The van der Waals surface area contributed by atoms with Crippen LogP contribution < -0.4 is 5.73 Å². The third-order valence-electron chi connectivity index (χ3n) is 2.81. The number of unbranched alkanes of at least 4 members (excludes halogenated alkanes) is 2. The Hall–Kier alpha value is -0.0800. The van der Waals surface area contributed by atoms with Crippen molar-refractivity contribution in [2.24, 2.45) is 5.73 Å². The van der Waals surface area contributed by atoms with Crippen LogP contribution in [0.4, 0.5) is 0 Å². The van der Waals surface area contributed by atoms with E-state index < -0.39 is 0 Å². The van der Waals surface area contributed by atoms with Crippen LogP contribution in [0.5, 0.6) is 0 Å². The first kappa shape index (κ1) is 13.9. The molecule has 2 nitrogen and oxygen atoms in total. The average molecular weight is 200 g/mol. The normalized spacial score (nSPS) is 13.5. The summed E-state index contributed by atoms with van der Waals surface area (Å²) in [5.74, 6) is 0. The Morgan fingerprint density at radius 3 is 1.93 bits per heavy atom. The number of hydrogen-bond acceptors (Lipinski definition) is 2. The topological polar surface area (TPSA) is 29.3 Å². The molecule has 0 radical (unpaired) electrons. The number of hydrogen-bond donors (Lipinski definition) is 1. The molecule has 0 aliphatic rings. The molecule has 0 aromatic carbocycles. The Morgan fingerprint density at radius 2 is 1.57 bits per heavy atom. The molecule has 0 aromatic rings. The lowest BCUT2D eigenvalue weighted by Crippen LogP contribution is -2.36. The Morgan fingerprint density at radius 1 is 1.07 bits per heavy atom. The van der Waals surface area contributed by atoms with Crippen LogP contribution in [0.1, 0.15) is 52.9 Å². The largest absolute Gasteiger partial charge is 0.330 e. The van der Waals surface area contributed by atoms with Crippen molar-refractivity contribution in [3.63, 3.8) is 0 Å². The van der Waals surface area contributed by atoms with Crippen molar-refractivity contribution in [1.29, 1.82) is 0 Å². The summed E-state index contributed by atoms with van der Waals surface area (Å²) in [5, 5.41) is 0. The van der Waals surface area contributed by atoms with E-state index in [4.69, 9.17) is 5.73 Å². The van der Waals surface area contributed by atoms with E-state index in [1.807, 2.05) is 0 Å². The summed E-state index contributed by atoms with van der Waals surface area (Å²) >= 11 is 0. The van der Waals surface area contributed by atoms with Crippen LogP contribution >= 0.6 is 0 Å². The summed E-state index contributed by atoms with van der Waals surface area (Å²) < 4.78 is 0. The second-order valence-corrected chi connectivity index (χ2v) is 4.17. The van der Waals surface area contributed by atoms with Gasteiger partial charge in [-0.25, -0.2) is 0 Å². The zero-order chi connectivity index (χ0) is 10.8. The molecule has 0 saturated heterocycles. The second-order valence-electron chi connectivity index (χ2n) is 4.17. The highest BCUT2D eigenvalue weighted by Gasteiger charge is 2.11. The predicted molar refractivity (Wildman–Crippen MR) is 64.5 cm³/mol. The van der Waals surface area contributed by atoms with Gasteiger partial charge in [-0.2, -0.15) is 0 Å². The lowest BCUT2D eigenvalue weighted by molar-refractivity contribution is 0.195. The van der Waals surface area contributed by atoms with Gasteiger partial charge >= 0.3 is 0 Å². The minimum absolute atomic E-state index is 0.665. The molecule has 2 N–H and O–H groups in total. The van der Waals surface area contributed by atoms with E-state index in [1.54, 1.807) is 0 Å². The van der Waals surface area contributed by atoms with Crippen molar-refractivity contribution in [2.75, 3.05) is 19.6 Å². The fourth-order valence-corrected chi connectivity index (χ4v) is 1.70. The molecule has 0 spiro atoms. The second kappa shape index (κ2) is 9.47. The molecule has 86 valence electrons. The van der Waals surface area contributed by atoms with Gasteiger partial charge in [0.1, 0.15) is 0 Å². The van der Waals surface area contributed by atoms with E-state index in [0.717, 1.165) is 13.0 Å². The van der Waals surface area contributed by atoms with Gasteiger partial charge in [0, 0.05) is 6.04 Å². The Bertz CT molecular complexity index is 107.